The normalized spacial score (nSPS) is 24.3. The molecule has 3 fully saturated rings. The van der Waals surface area contributed by atoms with Crippen molar-refractivity contribution in [2.75, 3.05) is 32.7 Å². The van der Waals surface area contributed by atoms with Crippen LogP contribution in [0.2, 0.25) is 0 Å². The van der Waals surface area contributed by atoms with Crippen molar-refractivity contribution in [2.45, 2.75) is 51.1 Å². The highest BCUT2D eigenvalue weighted by Crippen LogP contribution is 2.37. The average molecular weight is 385 g/mol. The molecule has 28 heavy (non-hydrogen) atoms. The minimum Gasteiger partial charge on any atom is -0.351 e. The minimum absolute atomic E-state index is 0.0851. The number of benzene rings is 1. The van der Waals surface area contributed by atoms with Crippen molar-refractivity contribution in [3.8, 4) is 0 Å². The summed E-state index contributed by atoms with van der Waals surface area (Å²) in [4.78, 5) is 27.1. The van der Waals surface area contributed by atoms with Gasteiger partial charge in [0.05, 0.1) is 6.04 Å². The molecule has 6 nitrogen and oxygen atoms in total. The summed E-state index contributed by atoms with van der Waals surface area (Å²) < 4.78 is 0. The van der Waals surface area contributed by atoms with Crippen LogP contribution < -0.4 is 16.0 Å². The Morgan fingerprint density at radius 1 is 1.07 bits per heavy atom. The van der Waals surface area contributed by atoms with Crippen LogP contribution in [-0.2, 0) is 11.3 Å². The number of nitrogens with one attached hydrogen (secondary N) is 3. The molecular formula is C22H32N4O2. The molecule has 152 valence electrons. The smallest absolute Gasteiger partial charge is 0.253 e. The van der Waals surface area contributed by atoms with Crippen molar-refractivity contribution in [1.29, 1.82) is 0 Å². The molecule has 6 heteroatoms. The molecule has 4 rings (SSSR count). The fourth-order valence-corrected chi connectivity index (χ4v) is 4.80. The zero-order valence-corrected chi connectivity index (χ0v) is 16.6. The number of amides is 2. The van der Waals surface area contributed by atoms with E-state index in [0.717, 1.165) is 76.0 Å². The first kappa shape index (κ1) is 19.4. The Labute approximate surface area is 167 Å². The lowest BCUT2D eigenvalue weighted by atomic mass is 9.77. The first-order valence-electron chi connectivity index (χ1n) is 10.8. The third-order valence-corrected chi connectivity index (χ3v) is 6.65. The van der Waals surface area contributed by atoms with Gasteiger partial charge in [-0.15, -0.1) is 0 Å². The fraction of sp³-hybridized carbons (Fsp3) is 0.636. The molecule has 1 atom stereocenters. The summed E-state index contributed by atoms with van der Waals surface area (Å²) in [5, 5.41) is 9.89. The number of carbonyl (C=O) groups is 2. The number of piperidine rings is 2. The molecule has 2 amide bonds. The standard InChI is InChI=1S/C22H32N4O2/c27-20(19-14-22(16-25-19)8-10-23-11-9-22)24-15-17-4-6-18(7-5-17)21(28)26-12-2-1-3-13-26/h4-7,19,23,25H,1-3,8-16H2,(H,24,27). The molecule has 1 aromatic carbocycles. The maximum atomic E-state index is 12.6. The van der Waals surface area contributed by atoms with Crippen molar-refractivity contribution in [1.82, 2.24) is 20.9 Å². The number of carbonyl (C=O) groups excluding carboxylic acids is 2. The largest absolute Gasteiger partial charge is 0.351 e. The predicted molar refractivity (Wildman–Crippen MR) is 109 cm³/mol. The third kappa shape index (κ3) is 4.39. The average Bonchev–Trinajstić information content (AvgIpc) is 3.16. The minimum atomic E-state index is -0.0851. The predicted octanol–water partition coefficient (Wildman–Crippen LogP) is 1.66. The topological polar surface area (TPSA) is 73.5 Å². The zero-order chi connectivity index (χ0) is 19.4. The van der Waals surface area contributed by atoms with Gasteiger partial charge >= 0.3 is 0 Å². The number of rotatable bonds is 4. The summed E-state index contributed by atoms with van der Waals surface area (Å²) in [6.07, 6.45) is 6.65. The summed E-state index contributed by atoms with van der Waals surface area (Å²) in [7, 11) is 0. The molecule has 0 aliphatic carbocycles. The number of hydrogen-bond acceptors (Lipinski definition) is 4. The maximum Gasteiger partial charge on any atom is 0.253 e. The van der Waals surface area contributed by atoms with E-state index in [1.807, 2.05) is 29.2 Å². The molecule has 3 aliphatic heterocycles. The Bertz CT molecular complexity index is 691. The second-order valence-corrected chi connectivity index (χ2v) is 8.66. The molecule has 3 aliphatic rings. The van der Waals surface area contributed by atoms with Gasteiger partial charge in [0.15, 0.2) is 0 Å². The van der Waals surface area contributed by atoms with Gasteiger partial charge in [-0.25, -0.2) is 0 Å². The van der Waals surface area contributed by atoms with Gasteiger partial charge in [-0.2, -0.15) is 0 Å². The Morgan fingerprint density at radius 3 is 2.50 bits per heavy atom. The molecule has 0 aromatic heterocycles. The lowest BCUT2D eigenvalue weighted by Gasteiger charge is -2.33. The summed E-state index contributed by atoms with van der Waals surface area (Å²) in [6.45, 7) is 5.28. The van der Waals surface area contributed by atoms with Gasteiger partial charge in [0.1, 0.15) is 0 Å². The highest BCUT2D eigenvalue weighted by atomic mass is 16.2. The van der Waals surface area contributed by atoms with Crippen LogP contribution in [0, 0.1) is 5.41 Å². The van der Waals surface area contributed by atoms with Gasteiger partial charge in [0.25, 0.3) is 5.91 Å². The van der Waals surface area contributed by atoms with E-state index < -0.39 is 0 Å². The van der Waals surface area contributed by atoms with E-state index in [-0.39, 0.29) is 17.9 Å². The summed E-state index contributed by atoms with van der Waals surface area (Å²) in [5.74, 6) is 0.210. The van der Waals surface area contributed by atoms with Crippen LogP contribution in [0.5, 0.6) is 0 Å². The summed E-state index contributed by atoms with van der Waals surface area (Å²) in [5.41, 5.74) is 2.06. The molecule has 1 unspecified atom stereocenters. The van der Waals surface area contributed by atoms with Gasteiger partial charge < -0.3 is 20.9 Å². The SMILES string of the molecule is O=C(NCc1ccc(C(=O)N2CCCCC2)cc1)C1CC2(CCNCC2)CN1. The Morgan fingerprint density at radius 2 is 1.79 bits per heavy atom. The molecule has 0 saturated carbocycles. The van der Waals surface area contributed by atoms with Gasteiger partial charge in [-0.05, 0) is 74.7 Å². The maximum absolute atomic E-state index is 12.6. The van der Waals surface area contributed by atoms with Crippen molar-refractivity contribution >= 4 is 11.8 Å². The second kappa shape index (κ2) is 8.62. The first-order valence-corrected chi connectivity index (χ1v) is 10.8. The molecule has 1 spiro atoms. The first-order chi connectivity index (χ1) is 13.7. The van der Waals surface area contributed by atoms with Gasteiger partial charge in [-0.1, -0.05) is 12.1 Å². The van der Waals surface area contributed by atoms with E-state index in [9.17, 15) is 9.59 Å². The van der Waals surface area contributed by atoms with Gasteiger partial charge in [0, 0.05) is 31.7 Å². The summed E-state index contributed by atoms with van der Waals surface area (Å²) >= 11 is 0. The highest BCUT2D eigenvalue weighted by molar-refractivity contribution is 5.94. The Balaban J connectivity index is 1.26. The summed E-state index contributed by atoms with van der Waals surface area (Å²) in [6, 6.07) is 7.59. The monoisotopic (exact) mass is 384 g/mol. The van der Waals surface area contributed by atoms with Crippen LogP contribution in [0.25, 0.3) is 0 Å². The molecule has 0 bridgehead atoms. The van der Waals surface area contributed by atoms with E-state index in [1.54, 1.807) is 0 Å². The molecule has 3 N–H and O–H groups in total. The zero-order valence-electron chi connectivity index (χ0n) is 16.6. The van der Waals surface area contributed by atoms with Crippen LogP contribution in [0.15, 0.2) is 24.3 Å². The van der Waals surface area contributed by atoms with E-state index in [2.05, 4.69) is 16.0 Å². The third-order valence-electron chi connectivity index (χ3n) is 6.65. The number of likely N-dealkylation sites (tertiary alicyclic amines) is 1. The van der Waals surface area contributed by atoms with Crippen molar-refractivity contribution in [3.63, 3.8) is 0 Å². The van der Waals surface area contributed by atoms with E-state index >= 15 is 0 Å². The quantitative estimate of drug-likeness (QED) is 0.738. The van der Waals surface area contributed by atoms with Crippen LogP contribution >= 0.6 is 0 Å². The Kier molecular flexibility index (Phi) is 5.97. The molecule has 1 aromatic rings. The van der Waals surface area contributed by atoms with Gasteiger partial charge in [-0.3, -0.25) is 9.59 Å². The Hall–Kier alpha value is -1.92. The van der Waals surface area contributed by atoms with Crippen molar-refractivity contribution < 1.29 is 9.59 Å². The van der Waals surface area contributed by atoms with Crippen molar-refractivity contribution in [2.24, 2.45) is 5.41 Å². The lowest BCUT2D eigenvalue weighted by molar-refractivity contribution is -0.123. The number of nitrogens with zero attached hydrogens (tertiary/aromatic N) is 1. The molecule has 3 heterocycles. The molecular weight excluding hydrogens is 352 g/mol. The van der Waals surface area contributed by atoms with E-state index in [4.69, 9.17) is 0 Å². The van der Waals surface area contributed by atoms with Crippen LogP contribution in [0.4, 0.5) is 0 Å². The van der Waals surface area contributed by atoms with Crippen LogP contribution in [0.3, 0.4) is 0 Å². The van der Waals surface area contributed by atoms with Crippen molar-refractivity contribution in [3.05, 3.63) is 35.4 Å². The second-order valence-electron chi connectivity index (χ2n) is 8.66. The van der Waals surface area contributed by atoms with Gasteiger partial charge in [0.2, 0.25) is 5.91 Å². The van der Waals surface area contributed by atoms with E-state index in [0.29, 0.717) is 12.0 Å². The highest BCUT2D eigenvalue weighted by Gasteiger charge is 2.41. The van der Waals surface area contributed by atoms with E-state index in [1.165, 1.54) is 6.42 Å². The number of hydrogen-bond donors (Lipinski definition) is 3. The van der Waals surface area contributed by atoms with Crippen LogP contribution in [-0.4, -0.2) is 55.5 Å². The molecule has 3 saturated heterocycles. The van der Waals surface area contributed by atoms with Crippen LogP contribution in [0.1, 0.15) is 54.4 Å². The molecule has 0 radical (unpaired) electrons. The lowest BCUT2D eigenvalue weighted by Crippen LogP contribution is -2.40. The fourth-order valence-electron chi connectivity index (χ4n) is 4.80.